The molecule has 7 heteroatoms. The van der Waals surface area contributed by atoms with Gasteiger partial charge in [0.2, 0.25) is 0 Å². The fraction of sp³-hybridized carbons (Fsp3) is 0.429. The van der Waals surface area contributed by atoms with Gasteiger partial charge in [0.05, 0.1) is 6.20 Å². The average molecular weight is 283 g/mol. The summed E-state index contributed by atoms with van der Waals surface area (Å²) in [4.78, 5) is 8.17. The van der Waals surface area contributed by atoms with E-state index in [9.17, 15) is 5.26 Å². The first kappa shape index (κ1) is 13.4. The third-order valence-electron chi connectivity index (χ3n) is 3.75. The smallest absolute Gasteiger partial charge is 0.174 e. The second kappa shape index (κ2) is 5.79. The maximum atomic E-state index is 9.33. The number of nitrogen functional groups attached to an aromatic ring is 1. The lowest BCUT2D eigenvalue weighted by Gasteiger charge is -2.22. The summed E-state index contributed by atoms with van der Waals surface area (Å²) in [5.41, 5.74) is 6.39. The van der Waals surface area contributed by atoms with Crippen LogP contribution in [0.25, 0.3) is 5.82 Å². The predicted octanol–water partition coefficient (Wildman–Crippen LogP) is 1.86. The Labute approximate surface area is 122 Å². The van der Waals surface area contributed by atoms with E-state index >= 15 is 0 Å². The number of nitriles is 1. The van der Waals surface area contributed by atoms with Crippen LogP contribution in [0.1, 0.15) is 37.7 Å². The van der Waals surface area contributed by atoms with Crippen molar-refractivity contribution in [3.63, 3.8) is 0 Å². The Bertz CT molecular complexity index is 650. The average Bonchev–Trinajstić information content (AvgIpc) is 2.85. The largest absolute Gasteiger partial charge is 0.382 e. The van der Waals surface area contributed by atoms with Crippen molar-refractivity contribution in [2.24, 2.45) is 0 Å². The summed E-state index contributed by atoms with van der Waals surface area (Å²) < 4.78 is 1.46. The van der Waals surface area contributed by atoms with E-state index in [1.807, 2.05) is 0 Å². The van der Waals surface area contributed by atoms with Gasteiger partial charge < -0.3 is 11.1 Å². The number of rotatable bonds is 3. The molecule has 0 aliphatic heterocycles. The molecule has 3 N–H and O–H groups in total. The quantitative estimate of drug-likeness (QED) is 0.890. The van der Waals surface area contributed by atoms with Gasteiger partial charge in [-0.25, -0.2) is 4.98 Å². The molecule has 2 aromatic rings. The molecule has 0 radical (unpaired) electrons. The molecular formula is C14H17N7. The molecule has 108 valence electrons. The molecule has 0 spiro atoms. The van der Waals surface area contributed by atoms with Crippen molar-refractivity contribution < 1.29 is 0 Å². The van der Waals surface area contributed by atoms with Crippen molar-refractivity contribution in [1.29, 1.82) is 5.26 Å². The molecule has 2 aromatic heterocycles. The van der Waals surface area contributed by atoms with Crippen molar-refractivity contribution in [3.05, 3.63) is 24.2 Å². The van der Waals surface area contributed by atoms with Crippen LogP contribution >= 0.6 is 0 Å². The summed E-state index contributed by atoms with van der Waals surface area (Å²) in [7, 11) is 0. The summed E-state index contributed by atoms with van der Waals surface area (Å²) in [6.07, 6.45) is 10.6. The topological polar surface area (TPSA) is 105 Å². The molecule has 3 rings (SSSR count). The van der Waals surface area contributed by atoms with Crippen LogP contribution in [0.5, 0.6) is 0 Å². The Kier molecular flexibility index (Phi) is 3.69. The van der Waals surface area contributed by atoms with Gasteiger partial charge in [-0.05, 0) is 12.8 Å². The van der Waals surface area contributed by atoms with E-state index in [4.69, 9.17) is 5.73 Å². The summed E-state index contributed by atoms with van der Waals surface area (Å²) in [5.74, 6) is 1.33. The van der Waals surface area contributed by atoms with Crippen LogP contribution < -0.4 is 11.1 Å². The lowest BCUT2D eigenvalue weighted by Crippen LogP contribution is -2.23. The van der Waals surface area contributed by atoms with Gasteiger partial charge in [-0.15, -0.1) is 5.10 Å². The highest BCUT2D eigenvalue weighted by molar-refractivity contribution is 5.65. The minimum Gasteiger partial charge on any atom is -0.382 e. The Morgan fingerprint density at radius 2 is 2.10 bits per heavy atom. The Morgan fingerprint density at radius 3 is 2.76 bits per heavy atom. The van der Waals surface area contributed by atoms with Crippen LogP contribution in [0.4, 0.5) is 11.6 Å². The lowest BCUT2D eigenvalue weighted by molar-refractivity contribution is 0.461. The number of anilines is 2. The number of hydrogen-bond donors (Lipinski definition) is 2. The summed E-state index contributed by atoms with van der Waals surface area (Å²) in [5, 5.41) is 17.1. The normalized spacial score (nSPS) is 15.6. The van der Waals surface area contributed by atoms with E-state index in [0.29, 0.717) is 23.2 Å². The maximum Gasteiger partial charge on any atom is 0.174 e. The number of nitrogens with zero attached hydrogens (tertiary/aromatic N) is 5. The van der Waals surface area contributed by atoms with Gasteiger partial charge in [-0.2, -0.15) is 9.94 Å². The maximum absolute atomic E-state index is 9.33. The van der Waals surface area contributed by atoms with Gasteiger partial charge in [0.15, 0.2) is 11.6 Å². The zero-order valence-corrected chi connectivity index (χ0v) is 11.7. The monoisotopic (exact) mass is 283 g/mol. The van der Waals surface area contributed by atoms with E-state index in [0.717, 1.165) is 12.8 Å². The summed E-state index contributed by atoms with van der Waals surface area (Å²) in [6.45, 7) is 0. The lowest BCUT2D eigenvalue weighted by atomic mass is 9.95. The standard InChI is InChI=1S/C14H17N7/c15-8-11-13(16)21(12-9-17-6-7-18-12)20-14(11)19-10-4-2-1-3-5-10/h6-7,9-10H,1-5,16H2,(H,19,20). The Morgan fingerprint density at radius 1 is 1.29 bits per heavy atom. The number of hydrogen-bond acceptors (Lipinski definition) is 6. The number of nitrogens with two attached hydrogens (primary N) is 1. The predicted molar refractivity (Wildman–Crippen MR) is 78.8 cm³/mol. The fourth-order valence-corrected chi connectivity index (χ4v) is 2.66. The molecule has 7 nitrogen and oxygen atoms in total. The van der Waals surface area contributed by atoms with Gasteiger partial charge in [-0.1, -0.05) is 19.3 Å². The third kappa shape index (κ3) is 2.65. The number of aromatic nitrogens is 4. The molecule has 0 atom stereocenters. The molecule has 1 fully saturated rings. The first-order valence-corrected chi connectivity index (χ1v) is 7.11. The van der Waals surface area contributed by atoms with Crippen molar-refractivity contribution in [2.45, 2.75) is 38.1 Å². The molecule has 21 heavy (non-hydrogen) atoms. The second-order valence-corrected chi connectivity index (χ2v) is 5.18. The number of nitrogens with one attached hydrogen (secondary N) is 1. The molecular weight excluding hydrogens is 266 g/mol. The van der Waals surface area contributed by atoms with Crippen LogP contribution in [0, 0.1) is 11.3 Å². The van der Waals surface area contributed by atoms with Crippen molar-refractivity contribution >= 4 is 11.6 Å². The van der Waals surface area contributed by atoms with Crippen molar-refractivity contribution in [3.8, 4) is 11.9 Å². The highest BCUT2D eigenvalue weighted by atomic mass is 15.4. The van der Waals surface area contributed by atoms with Crippen LogP contribution in [0.2, 0.25) is 0 Å². The van der Waals surface area contributed by atoms with Crippen molar-refractivity contribution in [1.82, 2.24) is 19.7 Å². The molecule has 1 saturated carbocycles. The van der Waals surface area contributed by atoms with Crippen molar-refractivity contribution in [2.75, 3.05) is 11.1 Å². The summed E-state index contributed by atoms with van der Waals surface area (Å²) in [6, 6.07) is 2.48. The molecule has 0 unspecified atom stereocenters. The third-order valence-corrected chi connectivity index (χ3v) is 3.75. The molecule has 1 aliphatic rings. The van der Waals surface area contributed by atoms with Crippen LogP contribution in [-0.4, -0.2) is 25.8 Å². The molecule has 0 saturated heterocycles. The highest BCUT2D eigenvalue weighted by Crippen LogP contribution is 2.27. The van der Waals surface area contributed by atoms with Gasteiger partial charge in [0, 0.05) is 18.4 Å². The minimum absolute atomic E-state index is 0.288. The SMILES string of the molecule is N#Cc1c(NC2CCCCC2)nn(-c2cnccn2)c1N. The zero-order valence-electron chi connectivity index (χ0n) is 11.7. The van der Waals surface area contributed by atoms with Gasteiger partial charge >= 0.3 is 0 Å². The molecule has 0 bridgehead atoms. The summed E-state index contributed by atoms with van der Waals surface area (Å²) >= 11 is 0. The van der Waals surface area contributed by atoms with Crippen LogP contribution in [-0.2, 0) is 0 Å². The zero-order chi connectivity index (χ0) is 14.7. The highest BCUT2D eigenvalue weighted by Gasteiger charge is 2.21. The Hall–Kier alpha value is -2.62. The minimum atomic E-state index is 0.288. The van der Waals surface area contributed by atoms with E-state index in [1.54, 1.807) is 18.6 Å². The van der Waals surface area contributed by atoms with Gasteiger partial charge in [0.25, 0.3) is 0 Å². The molecule has 0 amide bonds. The van der Waals surface area contributed by atoms with Crippen LogP contribution in [0.3, 0.4) is 0 Å². The van der Waals surface area contributed by atoms with Crippen LogP contribution in [0.15, 0.2) is 18.6 Å². The van der Waals surface area contributed by atoms with E-state index < -0.39 is 0 Å². The first-order chi connectivity index (χ1) is 10.3. The first-order valence-electron chi connectivity index (χ1n) is 7.11. The Balaban J connectivity index is 1.92. The molecule has 2 heterocycles. The van der Waals surface area contributed by atoms with E-state index in [-0.39, 0.29) is 5.82 Å². The molecule has 1 aliphatic carbocycles. The van der Waals surface area contributed by atoms with Gasteiger partial charge in [0.1, 0.15) is 17.5 Å². The van der Waals surface area contributed by atoms with E-state index in [1.165, 1.54) is 23.9 Å². The van der Waals surface area contributed by atoms with E-state index in [2.05, 4.69) is 26.5 Å². The molecule has 0 aromatic carbocycles. The van der Waals surface area contributed by atoms with Gasteiger partial charge in [-0.3, -0.25) is 4.98 Å². The second-order valence-electron chi connectivity index (χ2n) is 5.18. The fourth-order valence-electron chi connectivity index (χ4n) is 2.66.